The molecule has 0 fully saturated rings. The number of furan rings is 1. The molecule has 0 amide bonds. The third kappa shape index (κ3) is 4.19. The fourth-order valence-electron chi connectivity index (χ4n) is 2.37. The largest absolute Gasteiger partial charge is 0.467 e. The first-order valence-corrected chi connectivity index (χ1v) is 7.07. The standard InChI is InChI=1S/C17H20N2O2/c1-12(10-16(20)17-4-3-9-21-17)19-13(2)15-7-5-14(11-18)6-8-15/h3-9,12-13,16,19-20H,10H2,1-2H3. The Bertz CT molecular complexity index is 584. The van der Waals surface area contributed by atoms with Crippen molar-refractivity contribution in [2.75, 3.05) is 0 Å². The van der Waals surface area contributed by atoms with E-state index < -0.39 is 6.10 Å². The minimum atomic E-state index is -0.601. The molecule has 3 unspecified atom stereocenters. The molecule has 2 N–H and O–H groups in total. The molecule has 2 aromatic rings. The van der Waals surface area contributed by atoms with Gasteiger partial charge in [0, 0.05) is 12.1 Å². The number of nitrogens with one attached hydrogen (secondary N) is 1. The number of nitrogens with zero attached hydrogens (tertiary/aromatic N) is 1. The van der Waals surface area contributed by atoms with Crippen molar-refractivity contribution in [1.29, 1.82) is 5.26 Å². The van der Waals surface area contributed by atoms with Crippen molar-refractivity contribution < 1.29 is 9.52 Å². The first kappa shape index (κ1) is 15.3. The molecule has 2 rings (SSSR count). The Labute approximate surface area is 125 Å². The summed E-state index contributed by atoms with van der Waals surface area (Å²) in [6, 6.07) is 13.5. The van der Waals surface area contributed by atoms with Crippen LogP contribution < -0.4 is 5.32 Å². The summed E-state index contributed by atoms with van der Waals surface area (Å²) in [6.07, 6.45) is 1.54. The van der Waals surface area contributed by atoms with Crippen LogP contribution in [0.5, 0.6) is 0 Å². The van der Waals surface area contributed by atoms with E-state index in [0.29, 0.717) is 17.7 Å². The topological polar surface area (TPSA) is 69.2 Å². The second-order valence-corrected chi connectivity index (χ2v) is 5.29. The molecule has 1 aromatic carbocycles. The number of rotatable bonds is 6. The van der Waals surface area contributed by atoms with Crippen LogP contribution in [-0.4, -0.2) is 11.1 Å². The number of hydrogen-bond donors (Lipinski definition) is 2. The van der Waals surface area contributed by atoms with Crippen molar-refractivity contribution in [2.45, 2.75) is 38.5 Å². The average molecular weight is 284 g/mol. The van der Waals surface area contributed by atoms with E-state index >= 15 is 0 Å². The number of hydrogen-bond acceptors (Lipinski definition) is 4. The molecule has 0 saturated heterocycles. The van der Waals surface area contributed by atoms with Gasteiger partial charge in [0.15, 0.2) is 0 Å². The lowest BCUT2D eigenvalue weighted by atomic mass is 10.0. The highest BCUT2D eigenvalue weighted by atomic mass is 16.4. The van der Waals surface area contributed by atoms with E-state index in [1.165, 1.54) is 0 Å². The highest BCUT2D eigenvalue weighted by Gasteiger charge is 2.16. The summed E-state index contributed by atoms with van der Waals surface area (Å²) in [7, 11) is 0. The van der Waals surface area contributed by atoms with Gasteiger partial charge in [-0.15, -0.1) is 0 Å². The van der Waals surface area contributed by atoms with Gasteiger partial charge in [0.2, 0.25) is 0 Å². The molecule has 110 valence electrons. The molecule has 1 aromatic heterocycles. The van der Waals surface area contributed by atoms with E-state index in [4.69, 9.17) is 9.68 Å². The predicted molar refractivity (Wildman–Crippen MR) is 80.5 cm³/mol. The molecular formula is C17H20N2O2. The fourth-order valence-corrected chi connectivity index (χ4v) is 2.37. The molecule has 4 nitrogen and oxygen atoms in total. The van der Waals surface area contributed by atoms with Gasteiger partial charge in [-0.3, -0.25) is 0 Å². The van der Waals surface area contributed by atoms with Gasteiger partial charge in [-0.25, -0.2) is 0 Å². The van der Waals surface area contributed by atoms with Crippen LogP contribution in [0.25, 0.3) is 0 Å². The Morgan fingerprint density at radius 2 is 1.95 bits per heavy atom. The Kier molecular flexibility index (Phi) is 5.15. The molecule has 0 spiro atoms. The zero-order valence-electron chi connectivity index (χ0n) is 12.3. The molecule has 0 aliphatic carbocycles. The summed E-state index contributed by atoms with van der Waals surface area (Å²) in [5, 5.41) is 22.3. The van der Waals surface area contributed by atoms with Crippen LogP contribution in [0, 0.1) is 11.3 Å². The lowest BCUT2D eigenvalue weighted by molar-refractivity contribution is 0.127. The van der Waals surface area contributed by atoms with Crippen LogP contribution in [0.3, 0.4) is 0 Å². The van der Waals surface area contributed by atoms with Crippen molar-refractivity contribution in [1.82, 2.24) is 5.32 Å². The highest BCUT2D eigenvalue weighted by molar-refractivity contribution is 5.32. The molecule has 0 bridgehead atoms. The molecule has 21 heavy (non-hydrogen) atoms. The molecule has 0 saturated carbocycles. The van der Waals surface area contributed by atoms with Crippen molar-refractivity contribution >= 4 is 0 Å². The van der Waals surface area contributed by atoms with Crippen LogP contribution in [0.2, 0.25) is 0 Å². The summed E-state index contributed by atoms with van der Waals surface area (Å²) in [5.74, 6) is 0.592. The van der Waals surface area contributed by atoms with Gasteiger partial charge in [-0.1, -0.05) is 12.1 Å². The number of aliphatic hydroxyl groups is 1. The number of benzene rings is 1. The second-order valence-electron chi connectivity index (χ2n) is 5.29. The molecule has 3 atom stereocenters. The van der Waals surface area contributed by atoms with Crippen molar-refractivity contribution in [3.8, 4) is 6.07 Å². The van der Waals surface area contributed by atoms with E-state index in [1.54, 1.807) is 18.4 Å². The second kappa shape index (κ2) is 7.07. The van der Waals surface area contributed by atoms with E-state index in [-0.39, 0.29) is 12.1 Å². The maximum absolute atomic E-state index is 10.1. The maximum Gasteiger partial charge on any atom is 0.132 e. The van der Waals surface area contributed by atoms with Gasteiger partial charge in [-0.05, 0) is 50.1 Å². The lowest BCUT2D eigenvalue weighted by Crippen LogP contribution is -2.30. The molecular weight excluding hydrogens is 264 g/mol. The summed E-state index contributed by atoms with van der Waals surface area (Å²) in [5.41, 5.74) is 1.78. The monoisotopic (exact) mass is 284 g/mol. The number of aliphatic hydroxyl groups excluding tert-OH is 1. The smallest absolute Gasteiger partial charge is 0.132 e. The van der Waals surface area contributed by atoms with E-state index in [9.17, 15) is 5.11 Å². The quantitative estimate of drug-likeness (QED) is 0.853. The van der Waals surface area contributed by atoms with E-state index in [2.05, 4.69) is 18.3 Å². The molecule has 1 heterocycles. The summed E-state index contributed by atoms with van der Waals surface area (Å²) >= 11 is 0. The first-order valence-electron chi connectivity index (χ1n) is 7.07. The van der Waals surface area contributed by atoms with E-state index in [0.717, 1.165) is 5.56 Å². The van der Waals surface area contributed by atoms with Gasteiger partial charge in [0.05, 0.1) is 17.9 Å². The fraction of sp³-hybridized carbons (Fsp3) is 0.353. The van der Waals surface area contributed by atoms with Gasteiger partial charge in [-0.2, -0.15) is 5.26 Å². The van der Waals surface area contributed by atoms with Crippen LogP contribution >= 0.6 is 0 Å². The van der Waals surface area contributed by atoms with Crippen LogP contribution in [0.15, 0.2) is 47.1 Å². The average Bonchev–Trinajstić information content (AvgIpc) is 3.01. The van der Waals surface area contributed by atoms with Gasteiger partial charge < -0.3 is 14.8 Å². The third-order valence-electron chi connectivity index (χ3n) is 3.52. The van der Waals surface area contributed by atoms with Crippen molar-refractivity contribution in [2.24, 2.45) is 0 Å². The van der Waals surface area contributed by atoms with Crippen molar-refractivity contribution in [3.63, 3.8) is 0 Å². The minimum absolute atomic E-state index is 0.135. The summed E-state index contributed by atoms with van der Waals surface area (Å²) in [6.45, 7) is 4.10. The molecule has 0 aliphatic rings. The highest BCUT2D eigenvalue weighted by Crippen LogP contribution is 2.20. The van der Waals surface area contributed by atoms with Crippen molar-refractivity contribution in [3.05, 3.63) is 59.5 Å². The Morgan fingerprint density at radius 1 is 1.24 bits per heavy atom. The number of nitriles is 1. The Hall–Kier alpha value is -2.09. The zero-order chi connectivity index (χ0) is 15.2. The normalized spacial score (nSPS) is 15.1. The van der Waals surface area contributed by atoms with E-state index in [1.807, 2.05) is 31.2 Å². The zero-order valence-corrected chi connectivity index (χ0v) is 12.3. The molecule has 4 heteroatoms. The van der Waals surface area contributed by atoms with Crippen LogP contribution in [0.4, 0.5) is 0 Å². The minimum Gasteiger partial charge on any atom is -0.467 e. The van der Waals surface area contributed by atoms with Crippen LogP contribution in [-0.2, 0) is 0 Å². The molecule has 0 radical (unpaired) electrons. The summed E-state index contributed by atoms with van der Waals surface area (Å²) in [4.78, 5) is 0. The molecule has 0 aliphatic heterocycles. The predicted octanol–water partition coefficient (Wildman–Crippen LogP) is 3.31. The Balaban J connectivity index is 1.89. The third-order valence-corrected chi connectivity index (χ3v) is 3.52. The Morgan fingerprint density at radius 3 is 2.52 bits per heavy atom. The summed E-state index contributed by atoms with van der Waals surface area (Å²) < 4.78 is 5.20. The van der Waals surface area contributed by atoms with Gasteiger partial charge in [0.25, 0.3) is 0 Å². The first-order chi connectivity index (χ1) is 10.1. The lowest BCUT2D eigenvalue weighted by Gasteiger charge is -2.22. The van der Waals surface area contributed by atoms with Crippen LogP contribution in [0.1, 0.15) is 49.3 Å². The van der Waals surface area contributed by atoms with Gasteiger partial charge >= 0.3 is 0 Å². The SMILES string of the molecule is CC(CC(O)c1ccco1)NC(C)c1ccc(C#N)cc1. The maximum atomic E-state index is 10.1. The van der Waals surface area contributed by atoms with Gasteiger partial charge in [0.1, 0.15) is 11.9 Å².